The van der Waals surface area contributed by atoms with Gasteiger partial charge in [-0.2, -0.15) is 5.10 Å². The number of carbonyl (C=O) groups excluding carboxylic acids is 1. The standard InChI is InChI=1S/C25H30N6OS/c1-12(2)20-21-14(4)23(18-7-17-6-15(18)8-30(17)10-19(26)32)33-25(21)29-22(20)16-5-13(3)24-27-11-28-31(24)9-16/h5,9,11-12,15,17-18,29H,6-8,10H2,1-4H3,(H2,26,32)/t15-,17-,18?/m0/s1. The van der Waals surface area contributed by atoms with Crippen LogP contribution >= 0.6 is 11.3 Å². The van der Waals surface area contributed by atoms with Crippen LogP contribution in [0.2, 0.25) is 0 Å². The topological polar surface area (TPSA) is 92.3 Å². The first-order valence-corrected chi connectivity index (χ1v) is 12.6. The summed E-state index contributed by atoms with van der Waals surface area (Å²) in [5, 5.41) is 5.77. The van der Waals surface area contributed by atoms with Crippen LogP contribution in [0.25, 0.3) is 27.1 Å². The molecule has 172 valence electrons. The Hall–Kier alpha value is -2.71. The average molecular weight is 463 g/mol. The highest BCUT2D eigenvalue weighted by atomic mass is 32.1. The van der Waals surface area contributed by atoms with E-state index in [2.05, 4.69) is 59.9 Å². The Bertz CT molecular complexity index is 1400. The van der Waals surface area contributed by atoms with E-state index in [0.717, 1.165) is 29.7 Å². The molecule has 7 nitrogen and oxygen atoms in total. The number of pyridine rings is 1. The van der Waals surface area contributed by atoms with E-state index in [9.17, 15) is 4.79 Å². The number of rotatable bonds is 5. The fourth-order valence-corrected chi connectivity index (χ4v) is 7.83. The number of likely N-dealkylation sites (tertiary alicyclic amines) is 1. The highest BCUT2D eigenvalue weighted by molar-refractivity contribution is 7.19. The Kier molecular flexibility index (Phi) is 4.68. The lowest BCUT2D eigenvalue weighted by atomic mass is 9.89. The quantitative estimate of drug-likeness (QED) is 0.461. The van der Waals surface area contributed by atoms with Gasteiger partial charge in [0.2, 0.25) is 5.91 Å². The number of primary amides is 1. The third-order valence-electron chi connectivity index (χ3n) is 7.74. The van der Waals surface area contributed by atoms with Gasteiger partial charge in [0.1, 0.15) is 11.2 Å². The zero-order chi connectivity index (χ0) is 23.0. The van der Waals surface area contributed by atoms with E-state index < -0.39 is 0 Å². The van der Waals surface area contributed by atoms with E-state index in [0.29, 0.717) is 30.3 Å². The second-order valence-electron chi connectivity index (χ2n) is 10.2. The van der Waals surface area contributed by atoms with Crippen molar-refractivity contribution in [2.45, 2.75) is 58.4 Å². The average Bonchev–Trinajstić information content (AvgIpc) is 3.53. The zero-order valence-corrected chi connectivity index (χ0v) is 20.4. The van der Waals surface area contributed by atoms with E-state index in [1.54, 1.807) is 6.33 Å². The summed E-state index contributed by atoms with van der Waals surface area (Å²) in [6, 6.07) is 2.70. The molecule has 1 amide bonds. The molecule has 0 radical (unpaired) electrons. The summed E-state index contributed by atoms with van der Waals surface area (Å²) in [6.45, 7) is 10.3. The van der Waals surface area contributed by atoms with Crippen LogP contribution < -0.4 is 5.73 Å². The summed E-state index contributed by atoms with van der Waals surface area (Å²) in [6.07, 6.45) is 6.01. The van der Waals surface area contributed by atoms with Crippen molar-refractivity contribution in [3.63, 3.8) is 0 Å². The second-order valence-corrected chi connectivity index (χ2v) is 11.2. The van der Waals surface area contributed by atoms with Crippen LogP contribution in [0.3, 0.4) is 0 Å². The van der Waals surface area contributed by atoms with Crippen molar-refractivity contribution in [1.29, 1.82) is 0 Å². The van der Waals surface area contributed by atoms with Crippen LogP contribution in [0.15, 0.2) is 18.6 Å². The number of amides is 1. The molecule has 6 rings (SSSR count). The lowest BCUT2D eigenvalue weighted by Gasteiger charge is -2.30. The number of thiophene rings is 1. The summed E-state index contributed by atoms with van der Waals surface area (Å²) < 4.78 is 1.87. The number of aryl methyl sites for hydroxylation is 2. The molecule has 0 spiro atoms. The minimum absolute atomic E-state index is 0.215. The first-order valence-electron chi connectivity index (χ1n) is 11.8. The Balaban J connectivity index is 1.41. The van der Waals surface area contributed by atoms with Crippen molar-refractivity contribution in [2.24, 2.45) is 11.7 Å². The van der Waals surface area contributed by atoms with Crippen LogP contribution in [0.4, 0.5) is 0 Å². The van der Waals surface area contributed by atoms with Gasteiger partial charge in [-0.05, 0) is 67.2 Å². The van der Waals surface area contributed by atoms with E-state index in [4.69, 9.17) is 5.73 Å². The Morgan fingerprint density at radius 2 is 2.15 bits per heavy atom. The van der Waals surface area contributed by atoms with Crippen molar-refractivity contribution in [2.75, 3.05) is 13.1 Å². The van der Waals surface area contributed by atoms with Crippen LogP contribution in [-0.2, 0) is 4.79 Å². The number of nitrogens with two attached hydrogens (primary N) is 1. The van der Waals surface area contributed by atoms with E-state index in [1.165, 1.54) is 38.3 Å². The highest BCUT2D eigenvalue weighted by Gasteiger charge is 2.46. The van der Waals surface area contributed by atoms with E-state index >= 15 is 0 Å². The maximum absolute atomic E-state index is 11.4. The van der Waals surface area contributed by atoms with E-state index in [1.807, 2.05) is 15.9 Å². The summed E-state index contributed by atoms with van der Waals surface area (Å²) in [5.41, 5.74) is 12.7. The molecule has 2 bridgehead atoms. The summed E-state index contributed by atoms with van der Waals surface area (Å²) in [4.78, 5) is 24.7. The molecule has 33 heavy (non-hydrogen) atoms. The monoisotopic (exact) mass is 462 g/mol. The molecule has 3 N–H and O–H groups in total. The number of hydrogen-bond donors (Lipinski definition) is 2. The van der Waals surface area contributed by atoms with Crippen LogP contribution in [-0.4, -0.2) is 49.5 Å². The van der Waals surface area contributed by atoms with Crippen LogP contribution in [0.1, 0.15) is 60.1 Å². The Labute approximate surface area is 197 Å². The van der Waals surface area contributed by atoms with Crippen LogP contribution in [0.5, 0.6) is 0 Å². The third-order valence-corrected chi connectivity index (χ3v) is 9.08. The number of nitrogens with zero attached hydrogens (tertiary/aromatic N) is 4. The molecule has 4 aromatic rings. The van der Waals surface area contributed by atoms with Crippen molar-refractivity contribution >= 4 is 33.1 Å². The number of H-pyrrole nitrogens is 1. The number of fused-ring (bicyclic) bond motifs is 4. The Morgan fingerprint density at radius 3 is 2.85 bits per heavy atom. The molecule has 1 saturated heterocycles. The molecule has 0 aromatic carbocycles. The smallest absolute Gasteiger partial charge is 0.231 e. The molecule has 1 aliphatic carbocycles. The maximum atomic E-state index is 11.4. The zero-order valence-electron chi connectivity index (χ0n) is 19.6. The van der Waals surface area contributed by atoms with Gasteiger partial charge in [-0.15, -0.1) is 11.3 Å². The van der Waals surface area contributed by atoms with Crippen molar-refractivity contribution in [3.8, 4) is 11.3 Å². The number of nitrogens with one attached hydrogen (secondary N) is 1. The van der Waals surface area contributed by atoms with E-state index in [-0.39, 0.29) is 5.91 Å². The normalized spacial score (nSPS) is 23.0. The number of aromatic amines is 1. The fourth-order valence-electron chi connectivity index (χ4n) is 6.40. The number of piperidine rings is 1. The molecule has 3 atom stereocenters. The number of carbonyl (C=O) groups is 1. The number of hydrogen-bond acceptors (Lipinski definition) is 5. The molecule has 2 fully saturated rings. The molecule has 5 heterocycles. The summed E-state index contributed by atoms with van der Waals surface area (Å²) in [5.74, 6) is 1.39. The predicted molar refractivity (Wildman–Crippen MR) is 132 cm³/mol. The van der Waals surface area contributed by atoms with Gasteiger partial charge in [0.05, 0.1) is 12.2 Å². The van der Waals surface area contributed by atoms with Crippen LogP contribution in [0, 0.1) is 19.8 Å². The molecule has 1 aliphatic heterocycles. The molecular formula is C25H30N6OS. The molecule has 4 aromatic heterocycles. The van der Waals surface area contributed by atoms with Crippen molar-refractivity contribution in [3.05, 3.63) is 40.2 Å². The maximum Gasteiger partial charge on any atom is 0.231 e. The lowest BCUT2D eigenvalue weighted by molar-refractivity contribution is -0.119. The van der Waals surface area contributed by atoms with Gasteiger partial charge in [0.15, 0.2) is 5.65 Å². The van der Waals surface area contributed by atoms with Crippen molar-refractivity contribution < 1.29 is 4.79 Å². The minimum Gasteiger partial charge on any atom is -0.369 e. The third kappa shape index (κ3) is 3.14. The van der Waals surface area contributed by atoms with Gasteiger partial charge in [0.25, 0.3) is 0 Å². The number of aromatic nitrogens is 4. The van der Waals surface area contributed by atoms with Gasteiger partial charge < -0.3 is 10.7 Å². The lowest BCUT2D eigenvalue weighted by Crippen LogP contribution is -2.40. The first kappa shape index (κ1) is 20.9. The highest BCUT2D eigenvalue weighted by Crippen LogP contribution is 2.52. The van der Waals surface area contributed by atoms with Gasteiger partial charge in [0, 0.05) is 34.6 Å². The second kappa shape index (κ2) is 7.40. The molecule has 8 heteroatoms. The first-order chi connectivity index (χ1) is 15.8. The van der Waals surface area contributed by atoms with Gasteiger partial charge in [-0.3, -0.25) is 9.69 Å². The fraction of sp³-hybridized carbons (Fsp3) is 0.480. The van der Waals surface area contributed by atoms with Crippen molar-refractivity contribution in [1.82, 2.24) is 24.5 Å². The van der Waals surface area contributed by atoms with Gasteiger partial charge >= 0.3 is 0 Å². The predicted octanol–water partition coefficient (Wildman–Crippen LogP) is 4.34. The summed E-state index contributed by atoms with van der Waals surface area (Å²) >= 11 is 1.93. The minimum atomic E-state index is -0.215. The molecule has 1 unspecified atom stereocenters. The SMILES string of the molecule is Cc1c(C2C[C@@H]3C[C@H]2CN3CC(N)=O)sc2[nH]c(-c3cc(C)c4ncnn4c3)c(C(C)C)c12. The molecule has 1 saturated carbocycles. The summed E-state index contributed by atoms with van der Waals surface area (Å²) in [7, 11) is 0. The van der Waals surface area contributed by atoms with Gasteiger partial charge in [-0.25, -0.2) is 9.50 Å². The molecular weight excluding hydrogens is 432 g/mol. The van der Waals surface area contributed by atoms with Gasteiger partial charge in [-0.1, -0.05) is 13.8 Å². The largest absolute Gasteiger partial charge is 0.369 e. The molecule has 2 aliphatic rings. The Morgan fingerprint density at radius 1 is 1.33 bits per heavy atom.